The van der Waals surface area contributed by atoms with E-state index in [1.165, 1.54) is 0 Å². The van der Waals surface area contributed by atoms with Crippen molar-refractivity contribution in [3.05, 3.63) is 59.1 Å². The van der Waals surface area contributed by atoms with E-state index < -0.39 is 17.5 Å². The number of ether oxygens (including phenoxy) is 1. The number of aryl methyl sites for hydroxylation is 1. The molecule has 4 rings (SSSR count). The first-order valence-electron chi connectivity index (χ1n) is 10.6. The van der Waals surface area contributed by atoms with Crippen LogP contribution in [0, 0.1) is 13.8 Å². The summed E-state index contributed by atoms with van der Waals surface area (Å²) in [6.45, 7) is 6.43. The predicted octanol–water partition coefficient (Wildman–Crippen LogP) is 3.54. The third kappa shape index (κ3) is 3.60. The number of carbonyl (C=O) groups is 3. The van der Waals surface area contributed by atoms with E-state index in [4.69, 9.17) is 9.15 Å². The predicted molar refractivity (Wildman–Crippen MR) is 119 cm³/mol. The number of methoxy groups -OCH3 is 1. The summed E-state index contributed by atoms with van der Waals surface area (Å²) in [6.07, 6.45) is 0.823. The van der Waals surface area contributed by atoms with Crippen molar-refractivity contribution >= 4 is 28.7 Å². The summed E-state index contributed by atoms with van der Waals surface area (Å²) >= 11 is 0. The van der Waals surface area contributed by atoms with Gasteiger partial charge in [-0.05, 0) is 45.4 Å². The van der Waals surface area contributed by atoms with Gasteiger partial charge in [-0.3, -0.25) is 14.5 Å². The van der Waals surface area contributed by atoms with Crippen LogP contribution < -0.4 is 5.32 Å². The summed E-state index contributed by atoms with van der Waals surface area (Å²) in [5.41, 5.74) is 1.54. The number of carbonyl (C=O) groups excluding carboxylic acids is 3. The lowest BCUT2D eigenvalue weighted by Crippen LogP contribution is -2.41. The van der Waals surface area contributed by atoms with Gasteiger partial charge in [0, 0.05) is 42.6 Å². The maximum atomic E-state index is 13.2. The third-order valence-corrected chi connectivity index (χ3v) is 6.10. The Morgan fingerprint density at radius 3 is 2.66 bits per heavy atom. The molecular weight excluding hydrogens is 410 g/mol. The molecule has 1 aliphatic heterocycles. The summed E-state index contributed by atoms with van der Waals surface area (Å²) in [6, 6.07) is 10.3. The zero-order valence-corrected chi connectivity index (χ0v) is 18.7. The van der Waals surface area contributed by atoms with Crippen LogP contribution in [0.4, 0.5) is 4.79 Å². The number of amides is 3. The Morgan fingerprint density at radius 2 is 1.94 bits per heavy atom. The fourth-order valence-electron chi connectivity index (χ4n) is 4.26. The monoisotopic (exact) mass is 437 g/mol. The van der Waals surface area contributed by atoms with Crippen LogP contribution in [0.5, 0.6) is 0 Å². The highest BCUT2D eigenvalue weighted by Gasteiger charge is 2.51. The molecule has 1 saturated heterocycles. The highest BCUT2D eigenvalue weighted by molar-refractivity contribution is 6.11. The highest BCUT2D eigenvalue weighted by atomic mass is 16.5. The molecule has 1 aliphatic rings. The molecule has 1 aromatic carbocycles. The molecule has 8 nitrogen and oxygen atoms in total. The van der Waals surface area contributed by atoms with Crippen LogP contribution in [-0.2, 0) is 21.6 Å². The minimum atomic E-state index is -1.37. The van der Waals surface area contributed by atoms with Gasteiger partial charge in [-0.2, -0.15) is 0 Å². The van der Waals surface area contributed by atoms with E-state index in [-0.39, 0.29) is 12.3 Å². The number of rotatable bonds is 8. The Labute approximate surface area is 186 Å². The molecule has 32 heavy (non-hydrogen) atoms. The number of aromatic nitrogens is 1. The molecule has 1 fully saturated rings. The fourth-order valence-corrected chi connectivity index (χ4v) is 4.26. The largest absolute Gasteiger partial charge is 0.458 e. The van der Waals surface area contributed by atoms with E-state index in [9.17, 15) is 14.4 Å². The standard InChI is InChI=1S/C24H27N3O5/c1-15-12-18(16(2)26(15)10-7-11-31-4)19(28)14-27-22(29)24(3,25-23(27)30)21-13-17-8-5-6-9-20(17)32-21/h5-6,8-9,12-13H,7,10-11,14H2,1-4H3,(H,25,30). The first kappa shape index (κ1) is 21.8. The van der Waals surface area contributed by atoms with E-state index in [1.807, 2.05) is 32.0 Å². The van der Waals surface area contributed by atoms with Crippen molar-refractivity contribution in [3.63, 3.8) is 0 Å². The van der Waals surface area contributed by atoms with Crippen LogP contribution in [0.3, 0.4) is 0 Å². The molecule has 8 heteroatoms. The van der Waals surface area contributed by atoms with E-state index in [2.05, 4.69) is 9.88 Å². The Kier molecular flexibility index (Phi) is 5.64. The lowest BCUT2D eigenvalue weighted by Gasteiger charge is -2.18. The molecule has 1 atom stereocenters. The first-order valence-corrected chi connectivity index (χ1v) is 10.6. The molecule has 3 amide bonds. The van der Waals surface area contributed by atoms with Crippen molar-refractivity contribution < 1.29 is 23.5 Å². The van der Waals surface area contributed by atoms with E-state index in [0.29, 0.717) is 23.5 Å². The molecule has 0 spiro atoms. The summed E-state index contributed by atoms with van der Waals surface area (Å²) in [5, 5.41) is 3.54. The normalized spacial score (nSPS) is 18.6. The summed E-state index contributed by atoms with van der Waals surface area (Å²) in [4.78, 5) is 39.9. The van der Waals surface area contributed by atoms with E-state index >= 15 is 0 Å². The molecule has 1 unspecified atom stereocenters. The second kappa shape index (κ2) is 8.27. The number of benzene rings is 1. The van der Waals surface area contributed by atoms with Gasteiger partial charge in [0.05, 0.1) is 6.54 Å². The Balaban J connectivity index is 1.55. The number of ketones is 1. The summed E-state index contributed by atoms with van der Waals surface area (Å²) in [5.74, 6) is -0.458. The third-order valence-electron chi connectivity index (χ3n) is 6.10. The Morgan fingerprint density at radius 1 is 1.19 bits per heavy atom. The van der Waals surface area contributed by atoms with Crippen molar-refractivity contribution in [3.8, 4) is 0 Å². The maximum absolute atomic E-state index is 13.2. The fraction of sp³-hybridized carbons (Fsp3) is 0.375. The molecule has 0 saturated carbocycles. The number of furan rings is 1. The van der Waals surface area contributed by atoms with E-state index in [1.54, 1.807) is 32.2 Å². The van der Waals surface area contributed by atoms with Crippen molar-refractivity contribution in [2.24, 2.45) is 0 Å². The lowest BCUT2D eigenvalue weighted by atomic mass is 9.98. The molecule has 0 radical (unpaired) electrons. The number of nitrogens with zero attached hydrogens (tertiary/aromatic N) is 2. The Hall–Kier alpha value is -3.39. The van der Waals surface area contributed by atoms with Gasteiger partial charge in [-0.1, -0.05) is 18.2 Å². The first-order chi connectivity index (χ1) is 15.3. The molecule has 3 aromatic rings. The van der Waals surface area contributed by atoms with Gasteiger partial charge in [-0.15, -0.1) is 0 Å². The van der Waals surface area contributed by atoms with Gasteiger partial charge in [-0.25, -0.2) is 4.79 Å². The van der Waals surface area contributed by atoms with Gasteiger partial charge in [0.1, 0.15) is 11.3 Å². The molecular formula is C24H27N3O5. The minimum absolute atomic E-state index is 0.284. The van der Waals surface area contributed by atoms with Crippen molar-refractivity contribution in [2.75, 3.05) is 20.3 Å². The SMILES string of the molecule is COCCCn1c(C)cc(C(=O)CN2C(=O)NC(C)(c3cc4ccccc4o3)C2=O)c1C. The van der Waals surface area contributed by atoms with Gasteiger partial charge in [0.25, 0.3) is 5.91 Å². The minimum Gasteiger partial charge on any atom is -0.458 e. The second-order valence-electron chi connectivity index (χ2n) is 8.30. The highest BCUT2D eigenvalue weighted by Crippen LogP contribution is 2.33. The molecule has 1 N–H and O–H groups in total. The van der Waals surface area contributed by atoms with Crippen molar-refractivity contribution in [1.82, 2.24) is 14.8 Å². The van der Waals surface area contributed by atoms with Crippen LogP contribution in [0.2, 0.25) is 0 Å². The number of para-hydroxylation sites is 1. The zero-order chi connectivity index (χ0) is 23.0. The van der Waals surface area contributed by atoms with Crippen LogP contribution in [0.25, 0.3) is 11.0 Å². The molecule has 3 heterocycles. The maximum Gasteiger partial charge on any atom is 0.325 e. The number of hydrogen-bond acceptors (Lipinski definition) is 5. The Bertz CT molecular complexity index is 1170. The second-order valence-corrected chi connectivity index (χ2v) is 8.30. The zero-order valence-electron chi connectivity index (χ0n) is 18.7. The quantitative estimate of drug-likeness (QED) is 0.331. The molecule has 0 bridgehead atoms. The van der Waals surface area contributed by atoms with E-state index in [0.717, 1.165) is 34.6 Å². The van der Waals surface area contributed by atoms with Crippen LogP contribution in [0.15, 0.2) is 40.8 Å². The number of imide groups is 1. The van der Waals surface area contributed by atoms with Crippen molar-refractivity contribution in [1.29, 1.82) is 0 Å². The number of fused-ring (bicyclic) bond motifs is 1. The average Bonchev–Trinajstić information content (AvgIpc) is 3.39. The van der Waals surface area contributed by atoms with Gasteiger partial charge in [0.15, 0.2) is 11.3 Å². The molecule has 168 valence electrons. The van der Waals surface area contributed by atoms with Crippen LogP contribution >= 0.6 is 0 Å². The summed E-state index contributed by atoms with van der Waals surface area (Å²) < 4.78 is 13.0. The van der Waals surface area contributed by atoms with Crippen LogP contribution in [0.1, 0.15) is 40.9 Å². The van der Waals surface area contributed by atoms with Crippen molar-refractivity contribution in [2.45, 2.75) is 39.3 Å². The topological polar surface area (TPSA) is 93.8 Å². The smallest absolute Gasteiger partial charge is 0.325 e. The number of hydrogen-bond donors (Lipinski definition) is 1. The van der Waals surface area contributed by atoms with Gasteiger partial charge >= 0.3 is 6.03 Å². The lowest BCUT2D eigenvalue weighted by molar-refractivity contribution is -0.131. The van der Waals surface area contributed by atoms with Gasteiger partial charge < -0.3 is 19.0 Å². The average molecular weight is 437 g/mol. The number of Topliss-reactive ketones (excluding diaryl/α,β-unsaturated/α-hetero) is 1. The van der Waals surface area contributed by atoms with Crippen LogP contribution in [-0.4, -0.2) is 47.4 Å². The number of nitrogens with one attached hydrogen (secondary N) is 1. The van der Waals surface area contributed by atoms with Gasteiger partial charge in [0.2, 0.25) is 0 Å². The number of urea groups is 1. The summed E-state index contributed by atoms with van der Waals surface area (Å²) in [7, 11) is 1.65. The molecule has 2 aromatic heterocycles. The molecule has 0 aliphatic carbocycles.